The van der Waals surface area contributed by atoms with E-state index in [1.54, 1.807) is 11.3 Å². The summed E-state index contributed by atoms with van der Waals surface area (Å²) in [5.41, 5.74) is 6.37. The number of hydrogen-bond donors (Lipinski definition) is 1. The van der Waals surface area contributed by atoms with Crippen LogP contribution >= 0.6 is 11.3 Å². The van der Waals surface area contributed by atoms with Gasteiger partial charge in [0.05, 0.1) is 10.6 Å². The molecule has 3 nitrogen and oxygen atoms in total. The van der Waals surface area contributed by atoms with Crippen molar-refractivity contribution in [2.75, 3.05) is 0 Å². The predicted molar refractivity (Wildman–Crippen MR) is 83.4 cm³/mol. The van der Waals surface area contributed by atoms with Crippen LogP contribution in [-0.4, -0.2) is 11.6 Å². The number of nitrogens with one attached hydrogen (secondary N) is 1. The SMILES string of the molecule is CC1=C/C(=N\NC(=O)c2cc3c(s2)CC[C@H](C)C3)CC1. The van der Waals surface area contributed by atoms with E-state index in [9.17, 15) is 4.79 Å². The first-order valence-electron chi connectivity index (χ1n) is 7.27. The molecule has 2 aliphatic rings. The Kier molecular flexibility index (Phi) is 3.74. The minimum Gasteiger partial charge on any atom is -0.266 e. The van der Waals surface area contributed by atoms with Crippen LogP contribution in [0.25, 0.3) is 0 Å². The number of carbonyl (C=O) groups is 1. The van der Waals surface area contributed by atoms with Crippen molar-refractivity contribution in [1.29, 1.82) is 0 Å². The fourth-order valence-electron chi connectivity index (χ4n) is 2.84. The normalized spacial score (nSPS) is 23.6. The van der Waals surface area contributed by atoms with E-state index >= 15 is 0 Å². The molecule has 0 spiro atoms. The highest BCUT2D eigenvalue weighted by molar-refractivity contribution is 7.14. The first-order chi connectivity index (χ1) is 9.61. The standard InChI is InChI=1S/C16H20N2OS/c1-10-4-6-14-12(7-10)9-15(20-14)16(19)18-17-13-5-3-11(2)8-13/h8-10H,3-7H2,1-2H3,(H,18,19)/b17-13-/t10-/m0/s1. The van der Waals surface area contributed by atoms with Gasteiger partial charge >= 0.3 is 0 Å². The molecule has 106 valence electrons. The first kappa shape index (κ1) is 13.6. The largest absolute Gasteiger partial charge is 0.281 e. The summed E-state index contributed by atoms with van der Waals surface area (Å²) in [6, 6.07) is 2.06. The van der Waals surface area contributed by atoms with Crippen molar-refractivity contribution < 1.29 is 4.79 Å². The fraction of sp³-hybridized carbons (Fsp3) is 0.500. The highest BCUT2D eigenvalue weighted by Crippen LogP contribution is 2.32. The number of aryl methyl sites for hydroxylation is 1. The van der Waals surface area contributed by atoms with Crippen LogP contribution in [0.3, 0.4) is 0 Å². The lowest BCUT2D eigenvalue weighted by molar-refractivity contribution is 0.0959. The maximum Gasteiger partial charge on any atom is 0.281 e. The Morgan fingerprint density at radius 3 is 3.00 bits per heavy atom. The third-order valence-electron chi connectivity index (χ3n) is 4.04. The minimum atomic E-state index is -0.0671. The number of hydrazone groups is 1. The fourth-order valence-corrected chi connectivity index (χ4v) is 3.94. The van der Waals surface area contributed by atoms with Gasteiger partial charge in [0.25, 0.3) is 5.91 Å². The zero-order chi connectivity index (χ0) is 14.1. The Bertz CT molecular complexity index is 598. The summed E-state index contributed by atoms with van der Waals surface area (Å²) in [6.45, 7) is 4.37. The molecule has 3 rings (SSSR count). The van der Waals surface area contributed by atoms with Crippen molar-refractivity contribution >= 4 is 23.0 Å². The third-order valence-corrected chi connectivity index (χ3v) is 5.28. The van der Waals surface area contributed by atoms with Gasteiger partial charge in [-0.25, -0.2) is 5.43 Å². The maximum atomic E-state index is 12.2. The van der Waals surface area contributed by atoms with Crippen molar-refractivity contribution in [2.24, 2.45) is 11.0 Å². The molecule has 1 aromatic heterocycles. The summed E-state index contributed by atoms with van der Waals surface area (Å²) in [5.74, 6) is 0.669. The van der Waals surface area contributed by atoms with E-state index in [4.69, 9.17) is 0 Å². The molecule has 1 N–H and O–H groups in total. The third kappa shape index (κ3) is 2.85. The second-order valence-corrected chi connectivity index (χ2v) is 7.08. The number of fused-ring (bicyclic) bond motifs is 1. The summed E-state index contributed by atoms with van der Waals surface area (Å²) in [7, 11) is 0. The van der Waals surface area contributed by atoms with Crippen molar-refractivity contribution in [1.82, 2.24) is 5.43 Å². The van der Waals surface area contributed by atoms with Gasteiger partial charge in [-0.2, -0.15) is 5.10 Å². The molecule has 1 atom stereocenters. The van der Waals surface area contributed by atoms with Crippen molar-refractivity contribution in [2.45, 2.75) is 46.0 Å². The van der Waals surface area contributed by atoms with E-state index in [1.165, 1.54) is 22.4 Å². The zero-order valence-corrected chi connectivity index (χ0v) is 12.8. The van der Waals surface area contributed by atoms with Crippen LogP contribution in [0.5, 0.6) is 0 Å². The van der Waals surface area contributed by atoms with Crippen LogP contribution in [0.2, 0.25) is 0 Å². The Balaban J connectivity index is 1.69. The van der Waals surface area contributed by atoms with Crippen molar-refractivity contribution in [3.05, 3.63) is 33.0 Å². The van der Waals surface area contributed by atoms with Crippen LogP contribution in [0.1, 0.15) is 53.2 Å². The van der Waals surface area contributed by atoms with Gasteiger partial charge in [-0.15, -0.1) is 11.3 Å². The van der Waals surface area contributed by atoms with E-state index in [0.717, 1.165) is 42.2 Å². The molecule has 20 heavy (non-hydrogen) atoms. The molecule has 0 saturated heterocycles. The topological polar surface area (TPSA) is 41.5 Å². The van der Waals surface area contributed by atoms with Crippen molar-refractivity contribution in [3.63, 3.8) is 0 Å². The second kappa shape index (κ2) is 5.52. The number of nitrogens with zero attached hydrogens (tertiary/aromatic N) is 1. The molecule has 0 unspecified atom stereocenters. The average molecular weight is 288 g/mol. The predicted octanol–water partition coefficient (Wildman–Crippen LogP) is 3.70. The van der Waals surface area contributed by atoms with Gasteiger partial charge < -0.3 is 0 Å². The zero-order valence-electron chi connectivity index (χ0n) is 12.0. The minimum absolute atomic E-state index is 0.0671. The molecule has 1 heterocycles. The maximum absolute atomic E-state index is 12.2. The first-order valence-corrected chi connectivity index (χ1v) is 8.09. The monoisotopic (exact) mass is 288 g/mol. The lowest BCUT2D eigenvalue weighted by atomic mass is 9.90. The summed E-state index contributed by atoms with van der Waals surface area (Å²) >= 11 is 1.63. The number of carbonyl (C=O) groups excluding carboxylic acids is 1. The second-order valence-electron chi connectivity index (χ2n) is 5.94. The highest BCUT2D eigenvalue weighted by atomic mass is 32.1. The molecular weight excluding hydrogens is 268 g/mol. The van der Waals surface area contributed by atoms with E-state index in [2.05, 4.69) is 36.5 Å². The van der Waals surface area contributed by atoms with Gasteiger partial charge in [-0.05, 0) is 62.7 Å². The molecular formula is C16H20N2OS. The number of thiophene rings is 1. The Labute approximate surface area is 123 Å². The van der Waals surface area contributed by atoms with Crippen molar-refractivity contribution in [3.8, 4) is 0 Å². The molecule has 0 fully saturated rings. The molecule has 1 aromatic rings. The number of hydrogen-bond acceptors (Lipinski definition) is 3. The smallest absolute Gasteiger partial charge is 0.266 e. The summed E-state index contributed by atoms with van der Waals surface area (Å²) in [4.78, 5) is 14.3. The van der Waals surface area contributed by atoms with Gasteiger partial charge in [-0.3, -0.25) is 4.79 Å². The van der Waals surface area contributed by atoms with Gasteiger partial charge in [0.15, 0.2) is 0 Å². The van der Waals surface area contributed by atoms with Crippen LogP contribution in [0, 0.1) is 5.92 Å². The van der Waals surface area contributed by atoms with Crippen LogP contribution in [0.4, 0.5) is 0 Å². The molecule has 0 radical (unpaired) electrons. The Hall–Kier alpha value is -1.42. The molecule has 0 saturated carbocycles. The van der Waals surface area contributed by atoms with Gasteiger partial charge in [-0.1, -0.05) is 12.5 Å². The average Bonchev–Trinajstić information content (AvgIpc) is 3.01. The molecule has 2 aliphatic carbocycles. The van der Waals surface area contributed by atoms with Crippen LogP contribution < -0.4 is 5.43 Å². The summed E-state index contributed by atoms with van der Waals surface area (Å²) in [5, 5.41) is 4.22. The molecule has 4 heteroatoms. The summed E-state index contributed by atoms with van der Waals surface area (Å²) < 4.78 is 0. The van der Waals surface area contributed by atoms with Gasteiger partial charge in [0.2, 0.25) is 0 Å². The highest BCUT2D eigenvalue weighted by Gasteiger charge is 2.20. The number of amides is 1. The number of allylic oxidation sites excluding steroid dienone is 2. The van der Waals surface area contributed by atoms with Crippen LogP contribution in [-0.2, 0) is 12.8 Å². The van der Waals surface area contributed by atoms with E-state index < -0.39 is 0 Å². The Morgan fingerprint density at radius 2 is 2.25 bits per heavy atom. The lowest BCUT2D eigenvalue weighted by Crippen LogP contribution is -2.17. The van der Waals surface area contributed by atoms with Gasteiger partial charge in [0.1, 0.15) is 0 Å². The quantitative estimate of drug-likeness (QED) is 0.828. The molecule has 0 bridgehead atoms. The van der Waals surface area contributed by atoms with E-state index in [0.29, 0.717) is 0 Å². The van der Waals surface area contributed by atoms with Gasteiger partial charge in [0, 0.05) is 4.88 Å². The molecule has 0 aliphatic heterocycles. The van der Waals surface area contributed by atoms with Crippen LogP contribution in [0.15, 0.2) is 22.8 Å². The van der Waals surface area contributed by atoms with E-state index in [-0.39, 0.29) is 5.91 Å². The summed E-state index contributed by atoms with van der Waals surface area (Å²) in [6.07, 6.45) is 7.51. The Morgan fingerprint density at radius 1 is 1.40 bits per heavy atom. The molecule has 1 amide bonds. The lowest BCUT2D eigenvalue weighted by Gasteiger charge is -2.16. The molecule has 0 aromatic carbocycles. The number of rotatable bonds is 2. The van der Waals surface area contributed by atoms with E-state index in [1.807, 2.05) is 0 Å².